The summed E-state index contributed by atoms with van der Waals surface area (Å²) in [5.41, 5.74) is 1.84. The van der Waals surface area contributed by atoms with E-state index in [1.165, 1.54) is 12.7 Å². The molecule has 4 heterocycles. The summed E-state index contributed by atoms with van der Waals surface area (Å²) in [4.78, 5) is 41.9. The van der Waals surface area contributed by atoms with Crippen molar-refractivity contribution in [3.05, 3.63) is 23.3 Å². The number of carbonyl (C=O) groups is 2. The first-order chi connectivity index (χ1) is 20.2. The summed E-state index contributed by atoms with van der Waals surface area (Å²) in [5, 5.41) is 0. The molecule has 1 unspecified atom stereocenters. The van der Waals surface area contributed by atoms with Gasteiger partial charge in [-0.1, -0.05) is 19.8 Å². The van der Waals surface area contributed by atoms with Crippen LogP contribution >= 0.6 is 0 Å². The Morgan fingerprint density at radius 2 is 1.67 bits per heavy atom. The summed E-state index contributed by atoms with van der Waals surface area (Å²) in [6.07, 6.45) is 13.4. The lowest BCUT2D eigenvalue weighted by molar-refractivity contribution is -0.134. The molecule has 1 spiro atoms. The van der Waals surface area contributed by atoms with Crippen molar-refractivity contribution in [2.45, 2.75) is 116 Å². The van der Waals surface area contributed by atoms with Crippen molar-refractivity contribution < 1.29 is 19.1 Å². The van der Waals surface area contributed by atoms with E-state index in [4.69, 9.17) is 9.47 Å². The van der Waals surface area contributed by atoms with Gasteiger partial charge in [0.05, 0.1) is 23.1 Å². The third kappa shape index (κ3) is 6.47. The molecule has 3 aliphatic heterocycles. The van der Waals surface area contributed by atoms with Gasteiger partial charge in [0.1, 0.15) is 11.9 Å². The zero-order valence-corrected chi connectivity index (χ0v) is 26.7. The lowest BCUT2D eigenvalue weighted by Crippen LogP contribution is -2.64. The summed E-state index contributed by atoms with van der Waals surface area (Å²) >= 11 is 0. The Labute approximate surface area is 252 Å². The molecule has 9 nitrogen and oxygen atoms in total. The molecule has 9 heteroatoms. The van der Waals surface area contributed by atoms with Crippen LogP contribution < -0.4 is 0 Å². The van der Waals surface area contributed by atoms with Crippen molar-refractivity contribution in [1.29, 1.82) is 0 Å². The lowest BCUT2D eigenvalue weighted by Gasteiger charge is -2.55. The van der Waals surface area contributed by atoms with Gasteiger partial charge in [-0.05, 0) is 71.6 Å². The predicted octanol–water partition coefficient (Wildman–Crippen LogP) is 5.39. The van der Waals surface area contributed by atoms with Crippen LogP contribution in [-0.2, 0) is 9.47 Å². The number of methoxy groups -OCH3 is 1. The van der Waals surface area contributed by atoms with E-state index in [2.05, 4.69) is 28.7 Å². The number of amides is 2. The van der Waals surface area contributed by atoms with Gasteiger partial charge in [0.15, 0.2) is 0 Å². The quantitative estimate of drug-likeness (QED) is 0.406. The Kier molecular flexibility index (Phi) is 9.77. The molecule has 0 N–H and O–H groups in total. The summed E-state index contributed by atoms with van der Waals surface area (Å²) in [5.74, 6) is 0.987. The molecule has 4 aliphatic rings. The van der Waals surface area contributed by atoms with Crippen LogP contribution in [-0.4, -0.2) is 100 Å². The standard InChI is InChI=1S/C33H53N5O4/c1-6-7-8-27-22-37(21-26-9-11-28(41-5)12-10-26)31(40)42-33(27)15-19-38(20-16-33)32(4)13-17-36(18-14-32)30(39)29-24(2)34-23-35-25(29)3/h23,26-28H,6-22H2,1-5H3/t26-,27?,28+. The number of piperidine rings is 2. The highest BCUT2D eigenvalue weighted by atomic mass is 16.6. The summed E-state index contributed by atoms with van der Waals surface area (Å²) < 4.78 is 12.0. The monoisotopic (exact) mass is 583 g/mol. The first-order valence-corrected chi connectivity index (χ1v) is 16.5. The predicted molar refractivity (Wildman–Crippen MR) is 162 cm³/mol. The molecule has 3 saturated heterocycles. The molecule has 234 valence electrons. The molecule has 1 aromatic rings. The van der Waals surface area contributed by atoms with Gasteiger partial charge < -0.3 is 19.3 Å². The van der Waals surface area contributed by atoms with Crippen LogP contribution in [0.5, 0.6) is 0 Å². The average Bonchev–Trinajstić information content (AvgIpc) is 2.99. The number of nitrogens with zero attached hydrogens (tertiary/aromatic N) is 5. The van der Waals surface area contributed by atoms with Crippen LogP contribution in [0.1, 0.15) is 106 Å². The topological polar surface area (TPSA) is 88.1 Å². The fraction of sp³-hybridized carbons (Fsp3) is 0.818. The maximum atomic E-state index is 13.4. The molecule has 0 aromatic carbocycles. The second-order valence-electron chi connectivity index (χ2n) is 13.8. The minimum absolute atomic E-state index is 0.0420. The van der Waals surface area contributed by atoms with Gasteiger partial charge >= 0.3 is 6.09 Å². The van der Waals surface area contributed by atoms with E-state index in [0.29, 0.717) is 23.5 Å². The number of aryl methyl sites for hydroxylation is 2. The smallest absolute Gasteiger partial charge is 0.410 e. The van der Waals surface area contributed by atoms with E-state index < -0.39 is 0 Å². The van der Waals surface area contributed by atoms with Crippen LogP contribution in [0.15, 0.2) is 6.33 Å². The molecular weight excluding hydrogens is 530 g/mol. The number of aromatic nitrogens is 2. The molecular formula is C33H53N5O4. The molecule has 0 radical (unpaired) electrons. The Balaban J connectivity index is 1.18. The third-order valence-electron chi connectivity index (χ3n) is 11.2. The molecule has 4 fully saturated rings. The van der Waals surface area contributed by atoms with Crippen molar-refractivity contribution in [1.82, 2.24) is 24.7 Å². The fourth-order valence-corrected chi connectivity index (χ4v) is 8.15. The Morgan fingerprint density at radius 1 is 1.02 bits per heavy atom. The van der Waals surface area contributed by atoms with Gasteiger partial charge in [-0.2, -0.15) is 0 Å². The summed E-state index contributed by atoms with van der Waals surface area (Å²) in [6, 6.07) is 0. The number of unbranched alkanes of at least 4 members (excludes halogenated alkanes) is 1. The third-order valence-corrected chi connectivity index (χ3v) is 11.2. The molecule has 0 bridgehead atoms. The minimum atomic E-state index is -0.345. The normalized spacial score (nSPS) is 28.1. The van der Waals surface area contributed by atoms with Crippen molar-refractivity contribution in [2.75, 3.05) is 46.4 Å². The van der Waals surface area contributed by atoms with Gasteiger partial charge in [-0.3, -0.25) is 9.69 Å². The number of rotatable bonds is 8. The van der Waals surface area contributed by atoms with Crippen LogP contribution in [0.4, 0.5) is 4.79 Å². The number of likely N-dealkylation sites (tertiary alicyclic amines) is 2. The first-order valence-electron chi connectivity index (χ1n) is 16.5. The molecule has 42 heavy (non-hydrogen) atoms. The van der Waals surface area contributed by atoms with E-state index in [-0.39, 0.29) is 23.1 Å². The van der Waals surface area contributed by atoms with Crippen LogP contribution in [0, 0.1) is 25.7 Å². The second-order valence-corrected chi connectivity index (χ2v) is 13.8. The van der Waals surface area contributed by atoms with Crippen LogP contribution in [0.25, 0.3) is 0 Å². The Bertz CT molecular complexity index is 1070. The van der Waals surface area contributed by atoms with Crippen LogP contribution in [0.3, 0.4) is 0 Å². The van der Waals surface area contributed by atoms with Crippen molar-refractivity contribution in [3.63, 3.8) is 0 Å². The van der Waals surface area contributed by atoms with Gasteiger partial charge in [0.2, 0.25) is 0 Å². The summed E-state index contributed by atoms with van der Waals surface area (Å²) in [7, 11) is 1.81. The van der Waals surface area contributed by atoms with Gasteiger partial charge in [-0.15, -0.1) is 0 Å². The highest BCUT2D eigenvalue weighted by molar-refractivity contribution is 5.96. The number of carbonyl (C=O) groups excluding carboxylic acids is 2. The highest BCUT2D eigenvalue weighted by Gasteiger charge is 2.51. The largest absolute Gasteiger partial charge is 0.442 e. The Hall–Kier alpha value is -2.26. The molecule has 1 aliphatic carbocycles. The van der Waals surface area contributed by atoms with E-state index in [1.807, 2.05) is 30.8 Å². The molecule has 5 rings (SSSR count). The Morgan fingerprint density at radius 3 is 2.26 bits per heavy atom. The maximum absolute atomic E-state index is 13.4. The highest BCUT2D eigenvalue weighted by Crippen LogP contribution is 2.44. The minimum Gasteiger partial charge on any atom is -0.442 e. The van der Waals surface area contributed by atoms with Crippen LogP contribution in [0.2, 0.25) is 0 Å². The first kappa shape index (κ1) is 31.2. The zero-order chi connectivity index (χ0) is 29.9. The second kappa shape index (κ2) is 13.2. The number of hydrogen-bond donors (Lipinski definition) is 0. The molecule has 1 atom stereocenters. The van der Waals surface area contributed by atoms with Crippen molar-refractivity contribution in [2.24, 2.45) is 11.8 Å². The molecule has 1 aromatic heterocycles. The molecule has 1 saturated carbocycles. The van der Waals surface area contributed by atoms with Gasteiger partial charge in [0, 0.05) is 70.7 Å². The number of ether oxygens (including phenoxy) is 2. The van der Waals surface area contributed by atoms with E-state index >= 15 is 0 Å². The maximum Gasteiger partial charge on any atom is 0.410 e. The van der Waals surface area contributed by atoms with Gasteiger partial charge in [-0.25, -0.2) is 14.8 Å². The van der Waals surface area contributed by atoms with E-state index in [1.54, 1.807) is 0 Å². The van der Waals surface area contributed by atoms with E-state index in [9.17, 15) is 9.59 Å². The van der Waals surface area contributed by atoms with Gasteiger partial charge in [0.25, 0.3) is 5.91 Å². The molecule has 2 amide bonds. The van der Waals surface area contributed by atoms with Crippen molar-refractivity contribution in [3.8, 4) is 0 Å². The SMILES string of the molecule is CCCCC1CN(C[C@H]2CC[C@@H](OC)CC2)C(=O)OC12CCN(C1(C)CCN(C(=O)c3c(C)ncnc3C)CC1)CC2. The number of hydrogen-bond acceptors (Lipinski definition) is 7. The average molecular weight is 584 g/mol. The zero-order valence-electron chi connectivity index (χ0n) is 26.7. The fourth-order valence-electron chi connectivity index (χ4n) is 8.15. The summed E-state index contributed by atoms with van der Waals surface area (Å²) in [6.45, 7) is 13.4. The van der Waals surface area contributed by atoms with Crippen molar-refractivity contribution >= 4 is 12.0 Å². The lowest BCUT2D eigenvalue weighted by atomic mass is 9.74. The van der Waals surface area contributed by atoms with E-state index in [0.717, 1.165) is 115 Å².